The molecule has 1 nitrogen and oxygen atoms in total. The van der Waals surface area contributed by atoms with Gasteiger partial charge < -0.3 is 5.32 Å². The van der Waals surface area contributed by atoms with E-state index in [2.05, 4.69) is 17.2 Å². The zero-order valence-corrected chi connectivity index (χ0v) is 5.22. The van der Waals surface area contributed by atoms with Crippen molar-refractivity contribution in [3.8, 4) is 24.7 Å². The summed E-state index contributed by atoms with van der Waals surface area (Å²) in [5.74, 6) is 5.84. The quantitative estimate of drug-likeness (QED) is 0.445. The van der Waals surface area contributed by atoms with Crippen LogP contribution in [0, 0.1) is 36.5 Å². The zero-order chi connectivity index (χ0) is 6.69. The van der Waals surface area contributed by atoms with Gasteiger partial charge in [0.05, 0.1) is 0 Å². The second-order valence-corrected chi connectivity index (χ2v) is 2.20. The first-order valence-corrected chi connectivity index (χ1v) is 3.01. The molecule has 0 bridgehead atoms. The van der Waals surface area contributed by atoms with Crippen LogP contribution in [0.2, 0.25) is 0 Å². The van der Waals surface area contributed by atoms with E-state index in [1.807, 2.05) is 0 Å². The van der Waals surface area contributed by atoms with Gasteiger partial charge in [0.1, 0.15) is 0 Å². The van der Waals surface area contributed by atoms with Crippen molar-refractivity contribution in [2.75, 3.05) is 13.1 Å². The topological polar surface area (TPSA) is 12.0 Å². The van der Waals surface area contributed by atoms with E-state index in [1.165, 1.54) is 0 Å². The average molecular weight is 119 g/mol. The fourth-order valence-electron chi connectivity index (χ4n) is 1.03. The molecule has 1 aliphatic heterocycles. The number of hydrogen-bond donors (Lipinski definition) is 1. The smallest absolute Gasteiger partial charge is 0.0474 e. The molecule has 1 rings (SSSR count). The molecule has 1 N–H and O–H groups in total. The lowest BCUT2D eigenvalue weighted by molar-refractivity contribution is 0.642. The van der Waals surface area contributed by atoms with Gasteiger partial charge in [-0.25, -0.2) is 0 Å². The Labute approximate surface area is 55.8 Å². The molecule has 0 aromatic carbocycles. The van der Waals surface area contributed by atoms with E-state index in [0.717, 1.165) is 13.1 Å². The molecule has 0 radical (unpaired) electrons. The van der Waals surface area contributed by atoms with Crippen LogP contribution in [0.3, 0.4) is 0 Å². The van der Waals surface area contributed by atoms with Gasteiger partial charge in [-0.1, -0.05) is 0 Å². The minimum Gasteiger partial charge on any atom is -0.314 e. The molecule has 1 aliphatic rings. The highest BCUT2D eigenvalue weighted by atomic mass is 14.9. The molecule has 0 aliphatic carbocycles. The molecule has 1 heteroatoms. The molecule has 0 spiro atoms. The third kappa shape index (κ3) is 1.07. The van der Waals surface area contributed by atoms with Gasteiger partial charge >= 0.3 is 0 Å². The molecule has 0 amide bonds. The SMILES string of the molecule is C#C[C@@H]1CNC[C@@H]1C#C. The molecule has 1 fully saturated rings. The van der Waals surface area contributed by atoms with Gasteiger partial charge in [-0.3, -0.25) is 0 Å². The van der Waals surface area contributed by atoms with Crippen molar-refractivity contribution in [2.45, 2.75) is 0 Å². The summed E-state index contributed by atoms with van der Waals surface area (Å²) < 4.78 is 0. The van der Waals surface area contributed by atoms with Crippen LogP contribution in [-0.2, 0) is 0 Å². The van der Waals surface area contributed by atoms with Crippen LogP contribution in [0.5, 0.6) is 0 Å². The Balaban J connectivity index is 2.57. The van der Waals surface area contributed by atoms with Crippen molar-refractivity contribution in [3.63, 3.8) is 0 Å². The average Bonchev–Trinajstić information content (AvgIpc) is 2.33. The Morgan fingerprint density at radius 2 is 1.56 bits per heavy atom. The molecule has 0 unspecified atom stereocenters. The molecule has 0 saturated carbocycles. The van der Waals surface area contributed by atoms with Crippen molar-refractivity contribution in [1.29, 1.82) is 0 Å². The first kappa shape index (κ1) is 6.20. The summed E-state index contributed by atoms with van der Waals surface area (Å²) in [6, 6.07) is 0. The monoisotopic (exact) mass is 119 g/mol. The first-order valence-electron chi connectivity index (χ1n) is 3.01. The number of hydrogen-bond acceptors (Lipinski definition) is 1. The lowest BCUT2D eigenvalue weighted by Crippen LogP contribution is -2.07. The van der Waals surface area contributed by atoms with Gasteiger partial charge in [0.2, 0.25) is 0 Å². The van der Waals surface area contributed by atoms with Crippen LogP contribution in [0.4, 0.5) is 0 Å². The third-order valence-corrected chi connectivity index (χ3v) is 1.64. The Morgan fingerprint density at radius 1 is 1.11 bits per heavy atom. The van der Waals surface area contributed by atoms with Crippen molar-refractivity contribution in [1.82, 2.24) is 5.32 Å². The summed E-state index contributed by atoms with van der Waals surface area (Å²) in [6.45, 7) is 1.76. The molecule has 0 aromatic heterocycles. The molecule has 46 valence electrons. The molecule has 1 heterocycles. The molecular formula is C8H9N. The summed E-state index contributed by atoms with van der Waals surface area (Å²) in [5.41, 5.74) is 0. The summed E-state index contributed by atoms with van der Waals surface area (Å²) in [4.78, 5) is 0. The third-order valence-electron chi connectivity index (χ3n) is 1.64. The van der Waals surface area contributed by atoms with Crippen molar-refractivity contribution in [2.24, 2.45) is 11.8 Å². The van der Waals surface area contributed by atoms with Gasteiger partial charge in [-0.15, -0.1) is 24.7 Å². The van der Waals surface area contributed by atoms with Crippen LogP contribution in [0.15, 0.2) is 0 Å². The van der Waals surface area contributed by atoms with E-state index in [9.17, 15) is 0 Å². The predicted molar refractivity (Wildman–Crippen MR) is 37.5 cm³/mol. The predicted octanol–water partition coefficient (Wildman–Crippen LogP) is 0.0884. The first-order chi connectivity index (χ1) is 4.38. The number of terminal acetylenes is 2. The Bertz CT molecular complexity index is 150. The summed E-state index contributed by atoms with van der Waals surface area (Å²) in [7, 11) is 0. The van der Waals surface area contributed by atoms with Crippen LogP contribution in [0.25, 0.3) is 0 Å². The van der Waals surface area contributed by atoms with Gasteiger partial charge in [0.15, 0.2) is 0 Å². The second-order valence-electron chi connectivity index (χ2n) is 2.20. The van der Waals surface area contributed by atoms with Crippen LogP contribution < -0.4 is 5.32 Å². The molecule has 2 atom stereocenters. The molecule has 0 aromatic rings. The highest BCUT2D eigenvalue weighted by molar-refractivity contribution is 5.11. The Hall–Kier alpha value is -0.920. The van der Waals surface area contributed by atoms with E-state index in [0.29, 0.717) is 0 Å². The van der Waals surface area contributed by atoms with Gasteiger partial charge in [-0.2, -0.15) is 0 Å². The van der Waals surface area contributed by atoms with E-state index >= 15 is 0 Å². The highest BCUT2D eigenvalue weighted by Crippen LogP contribution is 2.13. The minimum atomic E-state index is 0.259. The maximum absolute atomic E-state index is 5.21. The lowest BCUT2D eigenvalue weighted by atomic mass is 9.98. The number of nitrogens with one attached hydrogen (secondary N) is 1. The van der Waals surface area contributed by atoms with E-state index in [4.69, 9.17) is 12.8 Å². The largest absolute Gasteiger partial charge is 0.314 e. The maximum atomic E-state index is 5.21. The molecule has 1 saturated heterocycles. The normalized spacial score (nSPS) is 33.1. The van der Waals surface area contributed by atoms with Gasteiger partial charge in [0.25, 0.3) is 0 Å². The van der Waals surface area contributed by atoms with Crippen LogP contribution >= 0.6 is 0 Å². The van der Waals surface area contributed by atoms with Crippen LogP contribution in [0.1, 0.15) is 0 Å². The van der Waals surface area contributed by atoms with E-state index < -0.39 is 0 Å². The molecular weight excluding hydrogens is 110 g/mol. The summed E-state index contributed by atoms with van der Waals surface area (Å²) >= 11 is 0. The van der Waals surface area contributed by atoms with Crippen molar-refractivity contribution < 1.29 is 0 Å². The second kappa shape index (κ2) is 2.58. The minimum absolute atomic E-state index is 0.259. The summed E-state index contributed by atoms with van der Waals surface area (Å²) in [6.07, 6.45) is 10.4. The fourth-order valence-corrected chi connectivity index (χ4v) is 1.03. The van der Waals surface area contributed by atoms with Crippen LogP contribution in [-0.4, -0.2) is 13.1 Å². The van der Waals surface area contributed by atoms with E-state index in [-0.39, 0.29) is 11.8 Å². The maximum Gasteiger partial charge on any atom is 0.0474 e. The Morgan fingerprint density at radius 3 is 1.89 bits per heavy atom. The summed E-state index contributed by atoms with van der Waals surface area (Å²) in [5, 5.41) is 3.14. The lowest BCUT2D eigenvalue weighted by Gasteiger charge is -2.02. The standard InChI is InChI=1S/C8H9N/c1-3-7-5-9-6-8(7)4-2/h1-2,7-9H,5-6H2/t7-,8+. The molecule has 9 heavy (non-hydrogen) atoms. The van der Waals surface area contributed by atoms with Gasteiger partial charge in [0, 0.05) is 24.9 Å². The zero-order valence-electron chi connectivity index (χ0n) is 5.22. The number of rotatable bonds is 0. The fraction of sp³-hybridized carbons (Fsp3) is 0.500. The van der Waals surface area contributed by atoms with Crippen molar-refractivity contribution in [3.05, 3.63) is 0 Å². The van der Waals surface area contributed by atoms with Crippen molar-refractivity contribution >= 4 is 0 Å². The Kier molecular flexibility index (Phi) is 1.78. The van der Waals surface area contributed by atoms with Gasteiger partial charge in [-0.05, 0) is 0 Å². The highest BCUT2D eigenvalue weighted by Gasteiger charge is 2.22. The van der Waals surface area contributed by atoms with E-state index in [1.54, 1.807) is 0 Å².